The number of nitrogens with zero attached hydrogens (tertiary/aromatic N) is 1. The fourth-order valence-electron chi connectivity index (χ4n) is 2.32. The SMILES string of the molecule is CCCCNS(=O)(=O)c1ccc(N2CCC(=O)CC2)cc1. The first-order chi connectivity index (χ1) is 10.0. The van der Waals surface area contributed by atoms with Crippen LogP contribution < -0.4 is 9.62 Å². The molecule has 1 N–H and O–H groups in total. The zero-order valence-corrected chi connectivity index (χ0v) is 13.2. The van der Waals surface area contributed by atoms with E-state index in [0.717, 1.165) is 18.5 Å². The van der Waals surface area contributed by atoms with E-state index >= 15 is 0 Å². The zero-order valence-electron chi connectivity index (χ0n) is 12.3. The molecule has 1 aromatic rings. The molecule has 0 radical (unpaired) electrons. The van der Waals surface area contributed by atoms with Crippen LogP contribution in [0.15, 0.2) is 29.2 Å². The van der Waals surface area contributed by atoms with E-state index in [1.54, 1.807) is 12.1 Å². The van der Waals surface area contributed by atoms with Gasteiger partial charge in [-0.05, 0) is 30.7 Å². The summed E-state index contributed by atoms with van der Waals surface area (Å²) in [7, 11) is -3.41. The fourth-order valence-corrected chi connectivity index (χ4v) is 3.39. The van der Waals surface area contributed by atoms with Crippen molar-refractivity contribution < 1.29 is 13.2 Å². The Balaban J connectivity index is 2.03. The second kappa shape index (κ2) is 7.04. The summed E-state index contributed by atoms with van der Waals surface area (Å²) in [6, 6.07) is 6.87. The Kier molecular flexibility index (Phi) is 5.36. The molecule has 0 amide bonds. The first-order valence-electron chi connectivity index (χ1n) is 7.39. The fraction of sp³-hybridized carbons (Fsp3) is 0.533. The number of carbonyl (C=O) groups excluding carboxylic acids is 1. The predicted octanol–water partition coefficient (Wildman–Crippen LogP) is 1.93. The minimum atomic E-state index is -3.41. The molecule has 0 bridgehead atoms. The van der Waals surface area contributed by atoms with E-state index in [1.165, 1.54) is 0 Å². The van der Waals surface area contributed by atoms with E-state index in [9.17, 15) is 13.2 Å². The molecule has 116 valence electrons. The monoisotopic (exact) mass is 310 g/mol. The summed E-state index contributed by atoms with van der Waals surface area (Å²) in [5.74, 6) is 0.297. The van der Waals surface area contributed by atoms with Crippen molar-refractivity contribution >= 4 is 21.5 Å². The van der Waals surface area contributed by atoms with Crippen molar-refractivity contribution in [1.29, 1.82) is 0 Å². The summed E-state index contributed by atoms with van der Waals surface area (Å²) in [4.78, 5) is 13.6. The summed E-state index contributed by atoms with van der Waals surface area (Å²) in [5.41, 5.74) is 0.968. The molecule has 1 heterocycles. The molecule has 0 saturated carbocycles. The quantitative estimate of drug-likeness (QED) is 0.815. The maximum Gasteiger partial charge on any atom is 0.240 e. The number of piperidine rings is 1. The van der Waals surface area contributed by atoms with Gasteiger partial charge in [-0.15, -0.1) is 0 Å². The number of benzene rings is 1. The third-order valence-corrected chi connectivity index (χ3v) is 5.13. The lowest BCUT2D eigenvalue weighted by atomic mass is 10.1. The highest BCUT2D eigenvalue weighted by molar-refractivity contribution is 7.89. The average molecular weight is 310 g/mol. The van der Waals surface area contributed by atoms with Crippen molar-refractivity contribution in [3.05, 3.63) is 24.3 Å². The highest BCUT2D eigenvalue weighted by Gasteiger charge is 2.18. The molecule has 0 aromatic heterocycles. The number of rotatable bonds is 6. The van der Waals surface area contributed by atoms with E-state index in [2.05, 4.69) is 9.62 Å². The highest BCUT2D eigenvalue weighted by Crippen LogP contribution is 2.20. The van der Waals surface area contributed by atoms with Gasteiger partial charge in [0.15, 0.2) is 0 Å². The number of Topliss-reactive ketones (excluding diaryl/α,β-unsaturated/α-hetero) is 1. The predicted molar refractivity (Wildman–Crippen MR) is 83.0 cm³/mol. The van der Waals surface area contributed by atoms with E-state index in [4.69, 9.17) is 0 Å². The lowest BCUT2D eigenvalue weighted by molar-refractivity contribution is -0.119. The molecule has 2 rings (SSSR count). The highest BCUT2D eigenvalue weighted by atomic mass is 32.2. The molecule has 5 nitrogen and oxygen atoms in total. The lowest BCUT2D eigenvalue weighted by Gasteiger charge is -2.28. The third kappa shape index (κ3) is 4.28. The van der Waals surface area contributed by atoms with Gasteiger partial charge in [-0.3, -0.25) is 4.79 Å². The molecule has 0 atom stereocenters. The third-order valence-electron chi connectivity index (χ3n) is 3.66. The van der Waals surface area contributed by atoms with Gasteiger partial charge in [0.1, 0.15) is 5.78 Å². The Hall–Kier alpha value is -1.40. The summed E-state index contributed by atoms with van der Waals surface area (Å²) < 4.78 is 26.7. The normalized spacial score (nSPS) is 16.2. The molecule has 0 spiro atoms. The van der Waals surface area contributed by atoms with Crippen molar-refractivity contribution in [2.45, 2.75) is 37.5 Å². The van der Waals surface area contributed by atoms with Crippen LogP contribution in [0.4, 0.5) is 5.69 Å². The molecular weight excluding hydrogens is 288 g/mol. The zero-order chi connectivity index (χ0) is 15.3. The van der Waals surface area contributed by atoms with Crippen LogP contribution >= 0.6 is 0 Å². The molecule has 1 aliphatic heterocycles. The molecular formula is C15H22N2O3S. The van der Waals surface area contributed by atoms with Crippen LogP contribution in [0.25, 0.3) is 0 Å². The summed E-state index contributed by atoms with van der Waals surface area (Å²) in [6.07, 6.45) is 2.92. The standard InChI is InChI=1S/C15H22N2O3S/c1-2-3-10-16-21(19,20)15-6-4-13(5-7-15)17-11-8-14(18)9-12-17/h4-7,16H,2-3,8-12H2,1H3. The van der Waals surface area contributed by atoms with Crippen LogP contribution in [-0.2, 0) is 14.8 Å². The van der Waals surface area contributed by atoms with E-state index < -0.39 is 10.0 Å². The summed E-state index contributed by atoms with van der Waals surface area (Å²) >= 11 is 0. The van der Waals surface area contributed by atoms with Gasteiger partial charge in [0, 0.05) is 38.2 Å². The number of carbonyl (C=O) groups is 1. The van der Waals surface area contributed by atoms with Gasteiger partial charge in [0.2, 0.25) is 10.0 Å². The Morgan fingerprint density at radius 3 is 2.33 bits per heavy atom. The first-order valence-corrected chi connectivity index (χ1v) is 8.87. The molecule has 1 fully saturated rings. The van der Waals surface area contributed by atoms with Gasteiger partial charge in [0.05, 0.1) is 4.90 Å². The Morgan fingerprint density at radius 2 is 1.76 bits per heavy atom. The number of ketones is 1. The average Bonchev–Trinajstić information content (AvgIpc) is 2.48. The molecule has 0 aliphatic carbocycles. The van der Waals surface area contributed by atoms with Crippen molar-refractivity contribution in [1.82, 2.24) is 4.72 Å². The number of nitrogens with one attached hydrogen (secondary N) is 1. The maximum atomic E-state index is 12.1. The Labute approximate surface area is 126 Å². The molecule has 1 aliphatic rings. The number of hydrogen-bond acceptors (Lipinski definition) is 4. The maximum absolute atomic E-state index is 12.1. The van der Waals surface area contributed by atoms with Crippen LogP contribution in [0, 0.1) is 0 Å². The van der Waals surface area contributed by atoms with E-state index in [0.29, 0.717) is 38.3 Å². The van der Waals surface area contributed by atoms with E-state index in [-0.39, 0.29) is 4.90 Å². The van der Waals surface area contributed by atoms with E-state index in [1.807, 2.05) is 19.1 Å². The number of sulfonamides is 1. The number of hydrogen-bond donors (Lipinski definition) is 1. The van der Waals surface area contributed by atoms with Gasteiger partial charge in [0.25, 0.3) is 0 Å². The summed E-state index contributed by atoms with van der Waals surface area (Å²) in [6.45, 7) is 3.90. The second-order valence-corrected chi connectivity index (χ2v) is 7.04. The van der Waals surface area contributed by atoms with Crippen molar-refractivity contribution in [3.63, 3.8) is 0 Å². The molecule has 6 heteroatoms. The minimum Gasteiger partial charge on any atom is -0.371 e. The molecule has 1 saturated heterocycles. The van der Waals surface area contributed by atoms with Crippen LogP contribution in [0.2, 0.25) is 0 Å². The molecule has 21 heavy (non-hydrogen) atoms. The second-order valence-electron chi connectivity index (χ2n) is 5.27. The smallest absolute Gasteiger partial charge is 0.240 e. The first kappa shape index (κ1) is 16.0. The summed E-state index contributed by atoms with van der Waals surface area (Å²) in [5, 5.41) is 0. The molecule has 0 unspecified atom stereocenters. The topological polar surface area (TPSA) is 66.5 Å². The van der Waals surface area contributed by atoms with Crippen molar-refractivity contribution in [2.24, 2.45) is 0 Å². The largest absolute Gasteiger partial charge is 0.371 e. The number of unbranched alkanes of at least 4 members (excludes halogenated alkanes) is 1. The van der Waals surface area contributed by atoms with Crippen molar-refractivity contribution in [2.75, 3.05) is 24.5 Å². The van der Waals surface area contributed by atoms with Crippen LogP contribution in [0.5, 0.6) is 0 Å². The van der Waals surface area contributed by atoms with Crippen molar-refractivity contribution in [3.8, 4) is 0 Å². The van der Waals surface area contributed by atoms with Crippen LogP contribution in [-0.4, -0.2) is 33.8 Å². The minimum absolute atomic E-state index is 0.287. The lowest BCUT2D eigenvalue weighted by Crippen LogP contribution is -2.33. The Morgan fingerprint density at radius 1 is 1.14 bits per heavy atom. The van der Waals surface area contributed by atoms with Gasteiger partial charge in [-0.2, -0.15) is 0 Å². The van der Waals surface area contributed by atoms with Gasteiger partial charge in [-0.1, -0.05) is 13.3 Å². The molecule has 1 aromatic carbocycles. The van der Waals surface area contributed by atoms with Gasteiger partial charge in [-0.25, -0.2) is 13.1 Å². The Bertz CT molecular complexity index is 571. The van der Waals surface area contributed by atoms with Gasteiger partial charge >= 0.3 is 0 Å². The van der Waals surface area contributed by atoms with Gasteiger partial charge < -0.3 is 4.90 Å². The number of anilines is 1. The van der Waals surface area contributed by atoms with Crippen LogP contribution in [0.3, 0.4) is 0 Å². The van der Waals surface area contributed by atoms with Crippen LogP contribution in [0.1, 0.15) is 32.6 Å².